The highest BCUT2D eigenvalue weighted by atomic mass is 35.5. The van der Waals surface area contributed by atoms with Crippen molar-refractivity contribution in [1.82, 2.24) is 0 Å². The molecular formula is C21H22Cl4O4. The molecule has 2 rings (SSSR count). The molecule has 0 aliphatic heterocycles. The molecule has 4 nitrogen and oxygen atoms in total. The van der Waals surface area contributed by atoms with Gasteiger partial charge in [0.2, 0.25) is 0 Å². The van der Waals surface area contributed by atoms with Gasteiger partial charge in [-0.15, -0.1) is 0 Å². The summed E-state index contributed by atoms with van der Waals surface area (Å²) in [6.07, 6.45) is 2.31. The lowest BCUT2D eigenvalue weighted by Crippen LogP contribution is -2.06. The lowest BCUT2D eigenvalue weighted by molar-refractivity contribution is 0.239. The largest absolute Gasteiger partial charge is 0.493 e. The SMILES string of the molecule is CC(C)Oc1ccc(OCCCOc2c(Cl)cc(OCC=C(Cl)Cl)cc2Cl)cc1. The summed E-state index contributed by atoms with van der Waals surface area (Å²) in [5.41, 5.74) is 0. The van der Waals surface area contributed by atoms with E-state index < -0.39 is 0 Å². The lowest BCUT2D eigenvalue weighted by Gasteiger charge is -2.13. The first-order valence-corrected chi connectivity index (χ1v) is 10.5. The lowest BCUT2D eigenvalue weighted by atomic mass is 10.3. The third-order valence-electron chi connectivity index (χ3n) is 3.46. The molecule has 8 heteroatoms. The van der Waals surface area contributed by atoms with Crippen molar-refractivity contribution >= 4 is 46.4 Å². The zero-order valence-corrected chi connectivity index (χ0v) is 19.1. The number of ether oxygens (including phenoxy) is 4. The Morgan fingerprint density at radius 3 is 2.03 bits per heavy atom. The Labute approximate surface area is 191 Å². The summed E-state index contributed by atoms with van der Waals surface area (Å²) < 4.78 is 22.6. The molecule has 0 aliphatic carbocycles. The molecule has 0 atom stereocenters. The highest BCUT2D eigenvalue weighted by Gasteiger charge is 2.10. The molecule has 0 unspecified atom stereocenters. The van der Waals surface area contributed by atoms with Gasteiger partial charge in [-0.1, -0.05) is 46.4 Å². The predicted octanol–water partition coefficient (Wildman–Crippen LogP) is 7.33. The summed E-state index contributed by atoms with van der Waals surface area (Å²) in [5.74, 6) is 2.48. The predicted molar refractivity (Wildman–Crippen MR) is 120 cm³/mol. The van der Waals surface area contributed by atoms with Crippen LogP contribution in [0, 0.1) is 0 Å². The summed E-state index contributed by atoms with van der Waals surface area (Å²) in [6.45, 7) is 5.07. The van der Waals surface area contributed by atoms with Crippen LogP contribution >= 0.6 is 46.4 Å². The maximum Gasteiger partial charge on any atom is 0.156 e. The molecule has 2 aromatic carbocycles. The fourth-order valence-electron chi connectivity index (χ4n) is 2.27. The van der Waals surface area contributed by atoms with Gasteiger partial charge in [0, 0.05) is 18.6 Å². The Bertz CT molecular complexity index is 780. The van der Waals surface area contributed by atoms with Gasteiger partial charge in [0.15, 0.2) is 5.75 Å². The quantitative estimate of drug-likeness (QED) is 0.316. The average Bonchev–Trinajstić information content (AvgIpc) is 2.64. The average molecular weight is 480 g/mol. The Morgan fingerprint density at radius 1 is 0.862 bits per heavy atom. The van der Waals surface area contributed by atoms with E-state index in [0.717, 1.165) is 11.5 Å². The van der Waals surface area contributed by atoms with Gasteiger partial charge < -0.3 is 18.9 Å². The van der Waals surface area contributed by atoms with E-state index in [9.17, 15) is 0 Å². The molecule has 0 saturated carbocycles. The highest BCUT2D eigenvalue weighted by Crippen LogP contribution is 2.37. The van der Waals surface area contributed by atoms with E-state index in [1.807, 2.05) is 38.1 Å². The molecule has 0 spiro atoms. The monoisotopic (exact) mass is 478 g/mol. The number of rotatable bonds is 11. The maximum atomic E-state index is 6.24. The second kappa shape index (κ2) is 12.3. The molecular weight excluding hydrogens is 458 g/mol. The molecule has 0 amide bonds. The van der Waals surface area contributed by atoms with E-state index in [0.29, 0.717) is 41.2 Å². The van der Waals surface area contributed by atoms with E-state index in [1.54, 1.807) is 12.1 Å². The van der Waals surface area contributed by atoms with Crippen LogP contribution in [-0.2, 0) is 0 Å². The van der Waals surface area contributed by atoms with Crippen LogP contribution in [0.4, 0.5) is 0 Å². The summed E-state index contributed by atoms with van der Waals surface area (Å²) in [5, 5.41) is 0.713. The first-order chi connectivity index (χ1) is 13.8. The van der Waals surface area contributed by atoms with Gasteiger partial charge in [0.25, 0.3) is 0 Å². The molecule has 0 aliphatic rings. The van der Waals surface area contributed by atoms with Crippen molar-refractivity contribution in [3.63, 3.8) is 0 Å². The van der Waals surface area contributed by atoms with E-state index >= 15 is 0 Å². The third-order valence-corrected chi connectivity index (χ3v) is 4.33. The molecule has 0 saturated heterocycles. The second-order valence-corrected chi connectivity index (χ2v) is 8.03. The van der Waals surface area contributed by atoms with Crippen molar-refractivity contribution in [2.45, 2.75) is 26.4 Å². The van der Waals surface area contributed by atoms with E-state index in [1.165, 1.54) is 6.08 Å². The van der Waals surface area contributed by atoms with Crippen LogP contribution in [-0.4, -0.2) is 25.9 Å². The summed E-state index contributed by atoms with van der Waals surface area (Å²) >= 11 is 23.5. The minimum absolute atomic E-state index is 0.129. The Hall–Kier alpha value is -1.46. The molecule has 0 fully saturated rings. The zero-order valence-electron chi connectivity index (χ0n) is 16.1. The third kappa shape index (κ3) is 8.83. The minimum Gasteiger partial charge on any atom is -0.493 e. The molecule has 29 heavy (non-hydrogen) atoms. The van der Waals surface area contributed by atoms with E-state index in [4.69, 9.17) is 65.4 Å². The van der Waals surface area contributed by atoms with Crippen molar-refractivity contribution in [3.05, 3.63) is 57.0 Å². The number of benzene rings is 2. The van der Waals surface area contributed by atoms with E-state index in [2.05, 4.69) is 0 Å². The molecule has 0 heterocycles. The van der Waals surface area contributed by atoms with Crippen LogP contribution in [0.5, 0.6) is 23.0 Å². The number of hydrogen-bond acceptors (Lipinski definition) is 4. The highest BCUT2D eigenvalue weighted by molar-refractivity contribution is 6.55. The van der Waals surface area contributed by atoms with Gasteiger partial charge in [-0.2, -0.15) is 0 Å². The standard InChI is InChI=1S/C21H22Cl4O4/c1-14(2)29-16-6-4-15(5-7-16)26-9-3-10-28-21-18(22)12-17(13-19(21)23)27-11-8-20(24)25/h4-8,12-14H,3,9-11H2,1-2H3. The van der Waals surface area contributed by atoms with Crippen molar-refractivity contribution in [1.29, 1.82) is 0 Å². The fourth-order valence-corrected chi connectivity index (χ4v) is 2.97. The molecule has 0 radical (unpaired) electrons. The minimum atomic E-state index is 0.129. The van der Waals surface area contributed by atoms with Crippen LogP contribution in [0.2, 0.25) is 10.0 Å². The zero-order chi connectivity index (χ0) is 21.2. The normalized spacial score (nSPS) is 10.6. The van der Waals surface area contributed by atoms with Gasteiger partial charge in [-0.3, -0.25) is 0 Å². The van der Waals surface area contributed by atoms with Crippen LogP contribution in [0.3, 0.4) is 0 Å². The van der Waals surface area contributed by atoms with Crippen LogP contribution in [0.25, 0.3) is 0 Å². The van der Waals surface area contributed by atoms with E-state index in [-0.39, 0.29) is 17.2 Å². The maximum absolute atomic E-state index is 6.24. The van der Waals surface area contributed by atoms with Gasteiger partial charge in [-0.25, -0.2) is 0 Å². The van der Waals surface area contributed by atoms with Crippen molar-refractivity contribution < 1.29 is 18.9 Å². The van der Waals surface area contributed by atoms with Gasteiger partial charge in [0.1, 0.15) is 28.3 Å². The molecule has 2 aromatic rings. The van der Waals surface area contributed by atoms with Crippen LogP contribution in [0.15, 0.2) is 47.0 Å². The van der Waals surface area contributed by atoms with Gasteiger partial charge in [-0.05, 0) is 44.2 Å². The smallest absolute Gasteiger partial charge is 0.156 e. The van der Waals surface area contributed by atoms with Crippen LogP contribution in [0.1, 0.15) is 20.3 Å². The van der Waals surface area contributed by atoms with Crippen molar-refractivity contribution in [2.75, 3.05) is 19.8 Å². The molecule has 0 N–H and O–H groups in total. The summed E-state index contributed by atoms with van der Waals surface area (Å²) in [6, 6.07) is 10.7. The first-order valence-electron chi connectivity index (χ1n) is 9.00. The van der Waals surface area contributed by atoms with Gasteiger partial charge in [0.05, 0.1) is 29.4 Å². The van der Waals surface area contributed by atoms with Crippen LogP contribution < -0.4 is 18.9 Å². The Morgan fingerprint density at radius 2 is 1.45 bits per heavy atom. The van der Waals surface area contributed by atoms with Crippen molar-refractivity contribution in [2.24, 2.45) is 0 Å². The summed E-state index contributed by atoms with van der Waals surface area (Å²) in [7, 11) is 0. The number of hydrogen-bond donors (Lipinski definition) is 0. The topological polar surface area (TPSA) is 36.9 Å². The summed E-state index contributed by atoms with van der Waals surface area (Å²) in [4.78, 5) is 0. The van der Waals surface area contributed by atoms with Crippen molar-refractivity contribution in [3.8, 4) is 23.0 Å². The second-order valence-electron chi connectivity index (χ2n) is 6.21. The molecule has 158 valence electrons. The Kier molecular flexibility index (Phi) is 10.1. The first kappa shape index (κ1) is 23.8. The molecule has 0 bridgehead atoms. The molecule has 0 aromatic heterocycles. The van der Waals surface area contributed by atoms with Gasteiger partial charge >= 0.3 is 0 Å². The number of halogens is 4. The fraction of sp³-hybridized carbons (Fsp3) is 0.333. The Balaban J connectivity index is 1.76.